The summed E-state index contributed by atoms with van der Waals surface area (Å²) in [6.07, 6.45) is 6.85. The predicted octanol–water partition coefficient (Wildman–Crippen LogP) is 1.24. The van der Waals surface area contributed by atoms with Gasteiger partial charge >= 0.3 is 0 Å². The molecule has 0 spiro atoms. The van der Waals surface area contributed by atoms with E-state index in [1.165, 1.54) is 51.7 Å². The summed E-state index contributed by atoms with van der Waals surface area (Å²) in [5.74, 6) is 0.891. The molecule has 0 bridgehead atoms. The molecule has 0 aromatic rings. The van der Waals surface area contributed by atoms with Gasteiger partial charge in [-0.15, -0.1) is 0 Å². The van der Waals surface area contributed by atoms with E-state index in [1.54, 1.807) is 0 Å². The molecule has 92 valence electrons. The van der Waals surface area contributed by atoms with Crippen LogP contribution in [0.25, 0.3) is 0 Å². The molecule has 0 aromatic heterocycles. The number of likely N-dealkylation sites (tertiary alicyclic amines) is 1. The smallest absolute Gasteiger partial charge is 0.0619 e. The molecule has 3 rings (SSSR count). The van der Waals surface area contributed by atoms with Crippen LogP contribution in [0.1, 0.15) is 32.1 Å². The minimum Gasteiger partial charge on any atom is -0.380 e. The lowest BCUT2D eigenvalue weighted by atomic mass is 10.1. The van der Waals surface area contributed by atoms with E-state index in [-0.39, 0.29) is 0 Å². The third-order valence-corrected chi connectivity index (χ3v) is 4.24. The van der Waals surface area contributed by atoms with Crippen LogP contribution in [0, 0.1) is 5.92 Å². The third-order valence-electron chi connectivity index (χ3n) is 4.24. The van der Waals surface area contributed by atoms with E-state index in [0.29, 0.717) is 6.04 Å². The summed E-state index contributed by atoms with van der Waals surface area (Å²) in [5.41, 5.74) is 0. The molecule has 0 amide bonds. The van der Waals surface area contributed by atoms with Crippen LogP contribution in [0.2, 0.25) is 0 Å². The zero-order valence-electron chi connectivity index (χ0n) is 10.2. The van der Waals surface area contributed by atoms with Crippen LogP contribution in [0.5, 0.6) is 0 Å². The van der Waals surface area contributed by atoms with Crippen molar-refractivity contribution in [1.82, 2.24) is 10.2 Å². The summed E-state index contributed by atoms with van der Waals surface area (Å²) in [6.45, 7) is 5.79. The molecule has 1 N–H and O–H groups in total. The molecular weight excluding hydrogens is 200 g/mol. The van der Waals surface area contributed by atoms with Crippen LogP contribution >= 0.6 is 0 Å². The molecule has 2 saturated heterocycles. The van der Waals surface area contributed by atoms with Crippen molar-refractivity contribution in [3.63, 3.8) is 0 Å². The second-order valence-electron chi connectivity index (χ2n) is 5.70. The van der Waals surface area contributed by atoms with Crippen molar-refractivity contribution < 1.29 is 4.74 Å². The monoisotopic (exact) mass is 224 g/mol. The number of hydrogen-bond donors (Lipinski definition) is 1. The second kappa shape index (κ2) is 5.03. The molecule has 3 aliphatic rings. The topological polar surface area (TPSA) is 24.5 Å². The summed E-state index contributed by atoms with van der Waals surface area (Å²) in [6, 6.07) is 1.59. The zero-order valence-corrected chi connectivity index (χ0v) is 10.2. The van der Waals surface area contributed by atoms with Crippen LogP contribution in [-0.4, -0.2) is 49.8 Å². The van der Waals surface area contributed by atoms with Crippen LogP contribution in [-0.2, 0) is 4.74 Å². The van der Waals surface area contributed by atoms with Gasteiger partial charge in [0.1, 0.15) is 0 Å². The molecule has 2 aliphatic heterocycles. The van der Waals surface area contributed by atoms with Crippen LogP contribution in [0.15, 0.2) is 0 Å². The Morgan fingerprint density at radius 2 is 2.12 bits per heavy atom. The molecule has 3 heteroatoms. The molecule has 2 unspecified atom stereocenters. The summed E-state index contributed by atoms with van der Waals surface area (Å²) < 4.78 is 5.49. The van der Waals surface area contributed by atoms with Gasteiger partial charge in [-0.3, -0.25) is 0 Å². The molecule has 1 aliphatic carbocycles. The first-order valence-electron chi connectivity index (χ1n) is 6.97. The van der Waals surface area contributed by atoms with Crippen molar-refractivity contribution in [3.8, 4) is 0 Å². The average molecular weight is 224 g/mol. The van der Waals surface area contributed by atoms with E-state index in [1.807, 2.05) is 0 Å². The van der Waals surface area contributed by atoms with Gasteiger partial charge in [0.2, 0.25) is 0 Å². The van der Waals surface area contributed by atoms with Gasteiger partial charge in [0.25, 0.3) is 0 Å². The number of nitrogens with one attached hydrogen (secondary N) is 1. The third kappa shape index (κ3) is 2.76. The van der Waals surface area contributed by atoms with E-state index in [9.17, 15) is 0 Å². The highest BCUT2D eigenvalue weighted by molar-refractivity contribution is 4.90. The van der Waals surface area contributed by atoms with Crippen molar-refractivity contribution in [1.29, 1.82) is 0 Å². The maximum Gasteiger partial charge on any atom is 0.0619 e. The fraction of sp³-hybridized carbons (Fsp3) is 1.00. The van der Waals surface area contributed by atoms with Gasteiger partial charge in [0, 0.05) is 25.2 Å². The van der Waals surface area contributed by atoms with E-state index < -0.39 is 0 Å². The Hall–Kier alpha value is -0.120. The van der Waals surface area contributed by atoms with Gasteiger partial charge in [-0.25, -0.2) is 0 Å². The molecule has 16 heavy (non-hydrogen) atoms. The SMILES string of the molecule is C1COCC(NCC2CCN(C3CC3)C2)C1. The van der Waals surface area contributed by atoms with Crippen LogP contribution in [0.4, 0.5) is 0 Å². The van der Waals surface area contributed by atoms with E-state index >= 15 is 0 Å². The van der Waals surface area contributed by atoms with E-state index in [2.05, 4.69) is 10.2 Å². The van der Waals surface area contributed by atoms with Gasteiger partial charge in [-0.2, -0.15) is 0 Å². The number of hydrogen-bond acceptors (Lipinski definition) is 3. The Balaban J connectivity index is 1.35. The summed E-state index contributed by atoms with van der Waals surface area (Å²) in [4.78, 5) is 2.70. The fourth-order valence-corrected chi connectivity index (χ4v) is 3.04. The highest BCUT2D eigenvalue weighted by atomic mass is 16.5. The Morgan fingerprint density at radius 3 is 2.88 bits per heavy atom. The Labute approximate surface area is 98.5 Å². The fourth-order valence-electron chi connectivity index (χ4n) is 3.04. The van der Waals surface area contributed by atoms with E-state index in [0.717, 1.165) is 25.2 Å². The van der Waals surface area contributed by atoms with Gasteiger partial charge in [0.15, 0.2) is 0 Å². The number of rotatable bonds is 4. The van der Waals surface area contributed by atoms with Crippen molar-refractivity contribution in [2.24, 2.45) is 5.92 Å². The van der Waals surface area contributed by atoms with Crippen molar-refractivity contribution >= 4 is 0 Å². The van der Waals surface area contributed by atoms with Gasteiger partial charge in [-0.1, -0.05) is 0 Å². The summed E-state index contributed by atoms with van der Waals surface area (Å²) in [7, 11) is 0. The minimum atomic E-state index is 0.628. The first-order chi connectivity index (χ1) is 7.92. The van der Waals surface area contributed by atoms with Crippen LogP contribution in [0.3, 0.4) is 0 Å². The molecule has 3 fully saturated rings. The minimum absolute atomic E-state index is 0.628. The quantitative estimate of drug-likeness (QED) is 0.777. The normalized spacial score (nSPS) is 36.8. The molecule has 2 atom stereocenters. The van der Waals surface area contributed by atoms with Crippen molar-refractivity contribution in [3.05, 3.63) is 0 Å². The van der Waals surface area contributed by atoms with Gasteiger partial charge < -0.3 is 15.0 Å². The molecule has 1 saturated carbocycles. The lowest BCUT2D eigenvalue weighted by Gasteiger charge is -2.24. The molecule has 0 aromatic carbocycles. The Bertz CT molecular complexity index is 224. The highest BCUT2D eigenvalue weighted by Crippen LogP contribution is 2.31. The first-order valence-corrected chi connectivity index (χ1v) is 6.97. The largest absolute Gasteiger partial charge is 0.380 e. The first kappa shape index (κ1) is 11.0. The highest BCUT2D eigenvalue weighted by Gasteiger charge is 2.34. The standard InChI is InChI=1S/C13H24N2O/c1-2-12(10-16-7-1)14-8-11-5-6-15(9-11)13-3-4-13/h11-14H,1-10H2. The summed E-state index contributed by atoms with van der Waals surface area (Å²) >= 11 is 0. The lowest BCUT2D eigenvalue weighted by Crippen LogP contribution is -2.40. The van der Waals surface area contributed by atoms with Crippen LogP contribution < -0.4 is 5.32 Å². The van der Waals surface area contributed by atoms with Gasteiger partial charge in [-0.05, 0) is 51.1 Å². The maximum absolute atomic E-state index is 5.49. The number of nitrogens with zero attached hydrogens (tertiary/aromatic N) is 1. The Kier molecular flexibility index (Phi) is 3.46. The molecular formula is C13H24N2O. The lowest BCUT2D eigenvalue weighted by molar-refractivity contribution is 0.0692. The maximum atomic E-state index is 5.49. The molecule has 0 radical (unpaired) electrons. The second-order valence-corrected chi connectivity index (χ2v) is 5.70. The molecule has 2 heterocycles. The van der Waals surface area contributed by atoms with Gasteiger partial charge in [0.05, 0.1) is 6.61 Å². The van der Waals surface area contributed by atoms with E-state index in [4.69, 9.17) is 4.74 Å². The van der Waals surface area contributed by atoms with Crippen molar-refractivity contribution in [2.45, 2.75) is 44.2 Å². The average Bonchev–Trinajstić information content (AvgIpc) is 3.08. The number of ether oxygens (including phenoxy) is 1. The zero-order chi connectivity index (χ0) is 10.8. The predicted molar refractivity (Wildman–Crippen MR) is 64.5 cm³/mol. The van der Waals surface area contributed by atoms with Crippen molar-refractivity contribution in [2.75, 3.05) is 32.8 Å². The molecule has 3 nitrogen and oxygen atoms in total. The Morgan fingerprint density at radius 1 is 1.19 bits per heavy atom. The summed E-state index contributed by atoms with van der Waals surface area (Å²) in [5, 5.41) is 3.69.